The molecule has 0 fully saturated rings. The van der Waals surface area contributed by atoms with E-state index in [0.29, 0.717) is 10.6 Å². The van der Waals surface area contributed by atoms with Gasteiger partial charge in [-0.3, -0.25) is 0 Å². The summed E-state index contributed by atoms with van der Waals surface area (Å²) >= 11 is 0. The molecule has 4 heteroatoms. The van der Waals surface area contributed by atoms with Gasteiger partial charge in [0.2, 0.25) is 0 Å². The molecule has 0 spiro atoms. The predicted molar refractivity (Wildman–Crippen MR) is 85.3 cm³/mol. The van der Waals surface area contributed by atoms with Gasteiger partial charge in [-0.1, -0.05) is 67.6 Å². The quantitative estimate of drug-likeness (QED) is 0.531. The van der Waals surface area contributed by atoms with Gasteiger partial charge in [0.05, 0.1) is 0 Å². The van der Waals surface area contributed by atoms with Crippen molar-refractivity contribution in [3.8, 4) is 6.07 Å². The first kappa shape index (κ1) is 15.1. The molecule has 0 amide bonds. The average molecular weight is 297 g/mol. The van der Waals surface area contributed by atoms with Crippen LogP contribution in [0.4, 0.5) is 0 Å². The van der Waals surface area contributed by atoms with Crippen LogP contribution in [0.15, 0.2) is 71.7 Å². The first-order chi connectivity index (χ1) is 10.1. The molecule has 0 aliphatic heterocycles. The Morgan fingerprint density at radius 3 is 1.81 bits per heavy atom. The first-order valence-electron chi connectivity index (χ1n) is 6.68. The molecule has 1 N–H and O–H groups in total. The minimum absolute atomic E-state index is 0.0394. The summed E-state index contributed by atoms with van der Waals surface area (Å²) in [5.41, 5.74) is 0. The van der Waals surface area contributed by atoms with Gasteiger partial charge in [0.15, 0.2) is 7.14 Å². The molecule has 21 heavy (non-hydrogen) atoms. The van der Waals surface area contributed by atoms with Crippen molar-refractivity contribution in [3.63, 3.8) is 0 Å². The molecule has 0 aliphatic carbocycles. The van der Waals surface area contributed by atoms with E-state index in [1.807, 2.05) is 18.2 Å². The number of allylic oxidation sites excluding steroid dienone is 2. The Morgan fingerprint density at radius 1 is 1.05 bits per heavy atom. The third-order valence-electron chi connectivity index (χ3n) is 3.27. The smallest absolute Gasteiger partial charge is 0.184 e. The molecule has 2 rings (SSSR count). The molecule has 2 aromatic rings. The summed E-state index contributed by atoms with van der Waals surface area (Å²) in [6.07, 6.45) is 0.270. The molecule has 0 atom stereocenters. The maximum absolute atomic E-state index is 13.7. The lowest BCUT2D eigenvalue weighted by atomic mass is 10.3. The Hall–Kier alpha value is -2.30. The van der Waals surface area contributed by atoms with Crippen LogP contribution in [-0.2, 0) is 4.57 Å². The SMILES string of the molecule is CCC(O)=C(C#N)P(=O)(c1ccccc1)c1ccccc1. The van der Waals surface area contributed by atoms with Crippen molar-refractivity contribution in [2.24, 2.45) is 0 Å². The molecule has 0 unspecified atom stereocenters. The van der Waals surface area contributed by atoms with Gasteiger partial charge in [-0.2, -0.15) is 5.26 Å². The molecule has 106 valence electrons. The fourth-order valence-corrected chi connectivity index (χ4v) is 4.83. The second-order valence-electron chi connectivity index (χ2n) is 4.54. The zero-order valence-electron chi connectivity index (χ0n) is 11.7. The number of rotatable bonds is 4. The summed E-state index contributed by atoms with van der Waals surface area (Å²) in [5, 5.41) is 20.6. The highest BCUT2D eigenvalue weighted by Crippen LogP contribution is 2.52. The first-order valence-corrected chi connectivity index (χ1v) is 8.39. The maximum Gasteiger partial charge on any atom is 0.184 e. The van der Waals surface area contributed by atoms with E-state index in [9.17, 15) is 14.9 Å². The van der Waals surface area contributed by atoms with E-state index >= 15 is 0 Å². The fourth-order valence-electron chi connectivity index (χ4n) is 2.17. The minimum atomic E-state index is -3.34. The predicted octanol–water partition coefficient (Wildman–Crippen LogP) is 3.70. The van der Waals surface area contributed by atoms with Gasteiger partial charge in [0.1, 0.15) is 17.1 Å². The molecule has 0 aliphatic rings. The van der Waals surface area contributed by atoms with Crippen LogP contribution in [-0.4, -0.2) is 5.11 Å². The highest BCUT2D eigenvalue weighted by molar-refractivity contribution is 7.82. The number of aliphatic hydroxyl groups excluding tert-OH is 1. The molecule has 0 radical (unpaired) electrons. The lowest BCUT2D eigenvalue weighted by molar-refractivity contribution is 0.393. The van der Waals surface area contributed by atoms with Crippen LogP contribution in [0.2, 0.25) is 0 Å². The molecule has 0 heterocycles. The normalized spacial score (nSPS) is 12.4. The van der Waals surface area contributed by atoms with Crippen molar-refractivity contribution in [2.75, 3.05) is 0 Å². The molecular weight excluding hydrogens is 281 g/mol. The van der Waals surface area contributed by atoms with Crippen LogP contribution >= 0.6 is 7.14 Å². The Bertz CT molecular complexity index is 687. The Kier molecular flexibility index (Phi) is 4.62. The zero-order chi connectivity index (χ0) is 15.3. The van der Waals surface area contributed by atoms with E-state index in [1.54, 1.807) is 55.5 Å². The van der Waals surface area contributed by atoms with Gasteiger partial charge in [0.25, 0.3) is 0 Å². The molecule has 0 saturated heterocycles. The van der Waals surface area contributed by atoms with Crippen LogP contribution in [0.25, 0.3) is 0 Å². The summed E-state index contributed by atoms with van der Waals surface area (Å²) < 4.78 is 13.7. The standard InChI is InChI=1S/C17H16NO2P/c1-2-16(19)17(13-18)21(20,14-9-5-3-6-10-14)15-11-7-4-8-12-15/h3-12,19H,2H2,1H3. The summed E-state index contributed by atoms with van der Waals surface area (Å²) in [6.45, 7) is 1.73. The molecule has 0 saturated carbocycles. The second-order valence-corrected chi connectivity index (χ2v) is 7.24. The summed E-state index contributed by atoms with van der Waals surface area (Å²) in [6, 6.07) is 19.7. The van der Waals surface area contributed by atoms with E-state index in [-0.39, 0.29) is 17.5 Å². The third kappa shape index (κ3) is 2.77. The van der Waals surface area contributed by atoms with E-state index in [0.717, 1.165) is 0 Å². The van der Waals surface area contributed by atoms with E-state index < -0.39 is 7.14 Å². The van der Waals surface area contributed by atoms with E-state index in [2.05, 4.69) is 0 Å². The molecule has 0 bridgehead atoms. The van der Waals surface area contributed by atoms with Crippen LogP contribution < -0.4 is 10.6 Å². The lowest BCUT2D eigenvalue weighted by Gasteiger charge is -2.19. The van der Waals surface area contributed by atoms with Gasteiger partial charge in [-0.05, 0) is 0 Å². The van der Waals surface area contributed by atoms with Crippen molar-refractivity contribution in [1.29, 1.82) is 5.26 Å². The topological polar surface area (TPSA) is 61.1 Å². The molecular formula is C17H16NO2P. The summed E-state index contributed by atoms with van der Waals surface area (Å²) in [7, 11) is -3.34. The Morgan fingerprint density at radius 2 is 1.48 bits per heavy atom. The van der Waals surface area contributed by atoms with Crippen LogP contribution in [0.3, 0.4) is 0 Å². The summed E-state index contributed by atoms with van der Waals surface area (Å²) in [5.74, 6) is -0.117. The minimum Gasteiger partial charge on any atom is -0.511 e. The van der Waals surface area contributed by atoms with Gasteiger partial charge in [0, 0.05) is 17.0 Å². The van der Waals surface area contributed by atoms with Gasteiger partial charge in [-0.25, -0.2) is 0 Å². The Labute approximate surface area is 124 Å². The van der Waals surface area contributed by atoms with Crippen LogP contribution in [0.1, 0.15) is 13.3 Å². The summed E-state index contributed by atoms with van der Waals surface area (Å²) in [4.78, 5) is 0. The third-order valence-corrected chi connectivity index (χ3v) is 6.31. The van der Waals surface area contributed by atoms with E-state index in [4.69, 9.17) is 0 Å². The van der Waals surface area contributed by atoms with Gasteiger partial charge in [-0.15, -0.1) is 0 Å². The zero-order valence-corrected chi connectivity index (χ0v) is 12.6. The highest BCUT2D eigenvalue weighted by Gasteiger charge is 2.34. The Balaban J connectivity index is 2.79. The number of hydrogen-bond donors (Lipinski definition) is 1. The second kappa shape index (κ2) is 6.43. The number of benzene rings is 2. The number of aliphatic hydroxyl groups is 1. The van der Waals surface area contributed by atoms with Crippen LogP contribution in [0, 0.1) is 11.3 Å². The average Bonchev–Trinajstić information content (AvgIpc) is 2.56. The van der Waals surface area contributed by atoms with Crippen molar-refractivity contribution < 1.29 is 9.67 Å². The molecule has 3 nitrogen and oxygen atoms in total. The van der Waals surface area contributed by atoms with Crippen LogP contribution in [0.5, 0.6) is 0 Å². The van der Waals surface area contributed by atoms with Gasteiger partial charge >= 0.3 is 0 Å². The number of nitrogens with zero attached hydrogens (tertiary/aromatic N) is 1. The lowest BCUT2D eigenvalue weighted by Crippen LogP contribution is -2.18. The monoisotopic (exact) mass is 297 g/mol. The van der Waals surface area contributed by atoms with Gasteiger partial charge < -0.3 is 9.67 Å². The number of nitriles is 1. The maximum atomic E-state index is 13.7. The van der Waals surface area contributed by atoms with E-state index in [1.165, 1.54) is 0 Å². The largest absolute Gasteiger partial charge is 0.511 e. The van der Waals surface area contributed by atoms with Crippen molar-refractivity contribution in [1.82, 2.24) is 0 Å². The van der Waals surface area contributed by atoms with Crippen molar-refractivity contribution >= 4 is 17.8 Å². The fraction of sp³-hybridized carbons (Fsp3) is 0.118. The van der Waals surface area contributed by atoms with Crippen molar-refractivity contribution in [2.45, 2.75) is 13.3 Å². The van der Waals surface area contributed by atoms with Crippen molar-refractivity contribution in [3.05, 3.63) is 71.7 Å². The molecule has 2 aromatic carbocycles. The molecule has 0 aromatic heterocycles. The number of hydrogen-bond acceptors (Lipinski definition) is 3. The highest BCUT2D eigenvalue weighted by atomic mass is 31.2.